The van der Waals surface area contributed by atoms with E-state index in [2.05, 4.69) is 10.1 Å². The van der Waals surface area contributed by atoms with Crippen LogP contribution in [-0.4, -0.2) is 19.6 Å². The lowest BCUT2D eigenvalue weighted by Gasteiger charge is -2.08. The second-order valence-corrected chi connectivity index (χ2v) is 3.88. The van der Waals surface area contributed by atoms with Crippen molar-refractivity contribution in [2.45, 2.75) is 6.92 Å². The SMILES string of the molecule is COCC(=O)Nc1cc(Cl)c(C)cc1Cl. The van der Waals surface area contributed by atoms with Crippen LogP contribution in [0.15, 0.2) is 12.1 Å². The first kappa shape index (κ1) is 12.3. The van der Waals surface area contributed by atoms with E-state index in [0.717, 1.165) is 5.56 Å². The molecule has 0 heterocycles. The average Bonchev–Trinajstić information content (AvgIpc) is 2.14. The smallest absolute Gasteiger partial charge is 0.250 e. The Morgan fingerprint density at radius 3 is 2.67 bits per heavy atom. The minimum atomic E-state index is -0.265. The molecule has 0 fully saturated rings. The van der Waals surface area contributed by atoms with E-state index in [4.69, 9.17) is 23.2 Å². The second-order valence-electron chi connectivity index (χ2n) is 3.06. The van der Waals surface area contributed by atoms with E-state index in [9.17, 15) is 4.79 Å². The average molecular weight is 248 g/mol. The Bertz CT molecular complexity index is 380. The van der Waals surface area contributed by atoms with E-state index in [1.807, 2.05) is 6.92 Å². The molecule has 1 N–H and O–H groups in total. The number of benzene rings is 1. The van der Waals surface area contributed by atoms with Crippen LogP contribution in [0.3, 0.4) is 0 Å². The third-order valence-electron chi connectivity index (χ3n) is 1.80. The van der Waals surface area contributed by atoms with Gasteiger partial charge in [0, 0.05) is 12.1 Å². The maximum Gasteiger partial charge on any atom is 0.250 e. The van der Waals surface area contributed by atoms with Crippen LogP contribution in [0.5, 0.6) is 0 Å². The number of nitrogens with one attached hydrogen (secondary N) is 1. The summed E-state index contributed by atoms with van der Waals surface area (Å²) < 4.78 is 4.68. The summed E-state index contributed by atoms with van der Waals surface area (Å²) >= 11 is 11.8. The van der Waals surface area contributed by atoms with E-state index in [-0.39, 0.29) is 12.5 Å². The van der Waals surface area contributed by atoms with Gasteiger partial charge in [0.05, 0.1) is 10.7 Å². The number of hydrogen-bond acceptors (Lipinski definition) is 2. The molecule has 0 spiro atoms. The quantitative estimate of drug-likeness (QED) is 0.893. The number of amides is 1. The van der Waals surface area contributed by atoms with Crippen molar-refractivity contribution in [3.63, 3.8) is 0 Å². The standard InChI is InChI=1S/C10H11Cl2NO2/c1-6-3-8(12)9(4-7(6)11)13-10(14)5-15-2/h3-4H,5H2,1-2H3,(H,13,14). The van der Waals surface area contributed by atoms with Crippen LogP contribution < -0.4 is 5.32 Å². The number of anilines is 1. The van der Waals surface area contributed by atoms with Gasteiger partial charge in [-0.3, -0.25) is 4.79 Å². The highest BCUT2D eigenvalue weighted by atomic mass is 35.5. The van der Waals surface area contributed by atoms with Gasteiger partial charge in [0.15, 0.2) is 0 Å². The van der Waals surface area contributed by atoms with Crippen molar-refractivity contribution < 1.29 is 9.53 Å². The van der Waals surface area contributed by atoms with Crippen LogP contribution in [0.1, 0.15) is 5.56 Å². The van der Waals surface area contributed by atoms with Gasteiger partial charge in [0.25, 0.3) is 0 Å². The van der Waals surface area contributed by atoms with Crippen molar-refractivity contribution >= 4 is 34.8 Å². The zero-order valence-corrected chi connectivity index (χ0v) is 9.95. The molecule has 1 aromatic carbocycles. The highest BCUT2D eigenvalue weighted by molar-refractivity contribution is 6.36. The van der Waals surface area contributed by atoms with Crippen LogP contribution in [0.25, 0.3) is 0 Å². The summed E-state index contributed by atoms with van der Waals surface area (Å²) in [6.45, 7) is 1.83. The maximum atomic E-state index is 11.2. The Balaban J connectivity index is 2.86. The molecule has 1 aromatic rings. The number of aryl methyl sites for hydroxylation is 1. The highest BCUT2D eigenvalue weighted by Gasteiger charge is 2.07. The van der Waals surface area contributed by atoms with Crippen LogP contribution in [0, 0.1) is 6.92 Å². The zero-order chi connectivity index (χ0) is 11.4. The lowest BCUT2D eigenvalue weighted by atomic mass is 10.2. The normalized spacial score (nSPS) is 10.1. The molecule has 0 aliphatic rings. The summed E-state index contributed by atoms with van der Waals surface area (Å²) in [5.41, 5.74) is 1.36. The molecule has 0 aliphatic heterocycles. The number of halogens is 2. The summed E-state index contributed by atoms with van der Waals surface area (Å²) in [5, 5.41) is 3.62. The Hall–Kier alpha value is -0.770. The highest BCUT2D eigenvalue weighted by Crippen LogP contribution is 2.28. The van der Waals surface area contributed by atoms with Crippen LogP contribution >= 0.6 is 23.2 Å². The van der Waals surface area contributed by atoms with Crippen LogP contribution in [-0.2, 0) is 9.53 Å². The summed E-state index contributed by atoms with van der Waals surface area (Å²) in [7, 11) is 1.45. The summed E-state index contributed by atoms with van der Waals surface area (Å²) in [5.74, 6) is -0.265. The topological polar surface area (TPSA) is 38.3 Å². The van der Waals surface area contributed by atoms with Crippen molar-refractivity contribution in [3.8, 4) is 0 Å². The Kier molecular flexibility index (Phi) is 4.39. The number of rotatable bonds is 3. The van der Waals surface area contributed by atoms with Gasteiger partial charge in [-0.1, -0.05) is 23.2 Å². The fourth-order valence-corrected chi connectivity index (χ4v) is 1.49. The molecular formula is C10H11Cl2NO2. The second kappa shape index (κ2) is 5.35. The monoisotopic (exact) mass is 247 g/mol. The molecule has 82 valence electrons. The van der Waals surface area contributed by atoms with E-state index in [1.165, 1.54) is 7.11 Å². The molecular weight excluding hydrogens is 237 g/mol. The number of carbonyl (C=O) groups excluding carboxylic acids is 1. The van der Waals surface area contributed by atoms with E-state index in [0.29, 0.717) is 15.7 Å². The fourth-order valence-electron chi connectivity index (χ4n) is 1.06. The largest absolute Gasteiger partial charge is 0.375 e. The Morgan fingerprint density at radius 1 is 1.40 bits per heavy atom. The molecule has 0 saturated carbocycles. The van der Waals surface area contributed by atoms with Crippen LogP contribution in [0.4, 0.5) is 5.69 Å². The van der Waals surface area contributed by atoms with Gasteiger partial charge in [-0.2, -0.15) is 0 Å². The van der Waals surface area contributed by atoms with Crippen molar-refractivity contribution in [2.24, 2.45) is 0 Å². The van der Waals surface area contributed by atoms with Crippen molar-refractivity contribution in [2.75, 3.05) is 19.0 Å². The Labute approximate surface area is 98.3 Å². The number of hydrogen-bond donors (Lipinski definition) is 1. The first-order chi connectivity index (χ1) is 7.04. The summed E-state index contributed by atoms with van der Waals surface area (Å²) in [4.78, 5) is 11.2. The van der Waals surface area contributed by atoms with Gasteiger partial charge >= 0.3 is 0 Å². The molecule has 5 heteroatoms. The first-order valence-electron chi connectivity index (χ1n) is 4.29. The number of carbonyl (C=O) groups is 1. The first-order valence-corrected chi connectivity index (χ1v) is 5.04. The molecule has 0 unspecified atom stereocenters. The van der Waals surface area contributed by atoms with Gasteiger partial charge in [-0.25, -0.2) is 0 Å². The molecule has 0 saturated heterocycles. The molecule has 0 radical (unpaired) electrons. The predicted molar refractivity (Wildman–Crippen MR) is 61.7 cm³/mol. The minimum Gasteiger partial charge on any atom is -0.375 e. The van der Waals surface area contributed by atoms with E-state index >= 15 is 0 Å². The molecule has 0 aliphatic carbocycles. The van der Waals surface area contributed by atoms with Crippen molar-refractivity contribution in [1.29, 1.82) is 0 Å². The third kappa shape index (κ3) is 3.38. The van der Waals surface area contributed by atoms with Gasteiger partial charge < -0.3 is 10.1 Å². The number of ether oxygens (including phenoxy) is 1. The fraction of sp³-hybridized carbons (Fsp3) is 0.300. The predicted octanol–water partition coefficient (Wildman–Crippen LogP) is 2.89. The third-order valence-corrected chi connectivity index (χ3v) is 2.52. The maximum absolute atomic E-state index is 11.2. The van der Waals surface area contributed by atoms with Gasteiger partial charge in [-0.15, -0.1) is 0 Å². The molecule has 15 heavy (non-hydrogen) atoms. The molecule has 0 bridgehead atoms. The summed E-state index contributed by atoms with van der Waals surface area (Å²) in [6, 6.07) is 3.32. The Morgan fingerprint density at radius 2 is 2.07 bits per heavy atom. The van der Waals surface area contributed by atoms with Gasteiger partial charge in [-0.05, 0) is 24.6 Å². The van der Waals surface area contributed by atoms with E-state index in [1.54, 1.807) is 12.1 Å². The minimum absolute atomic E-state index is 0.0121. The molecule has 1 amide bonds. The van der Waals surface area contributed by atoms with Gasteiger partial charge in [0.2, 0.25) is 5.91 Å². The van der Waals surface area contributed by atoms with Crippen molar-refractivity contribution in [1.82, 2.24) is 0 Å². The van der Waals surface area contributed by atoms with Gasteiger partial charge in [0.1, 0.15) is 6.61 Å². The zero-order valence-electron chi connectivity index (χ0n) is 8.43. The molecule has 0 aromatic heterocycles. The van der Waals surface area contributed by atoms with Crippen LogP contribution in [0.2, 0.25) is 10.0 Å². The number of methoxy groups -OCH3 is 1. The lowest BCUT2D eigenvalue weighted by molar-refractivity contribution is -0.119. The molecule has 1 rings (SSSR count). The summed E-state index contributed by atoms with van der Waals surface area (Å²) in [6.07, 6.45) is 0. The van der Waals surface area contributed by atoms with E-state index < -0.39 is 0 Å². The molecule has 0 atom stereocenters. The molecule has 3 nitrogen and oxygen atoms in total. The lowest BCUT2D eigenvalue weighted by Crippen LogP contribution is -2.17. The van der Waals surface area contributed by atoms with Crippen molar-refractivity contribution in [3.05, 3.63) is 27.7 Å².